The standard InChI is InChI=1S/C31H37N3O2/c35-24-9-8-21-15-27-30-11-10-26-28(22(17-30)18-34(26)29(36)20-5-2-1-3-6-20)31(30,25(21)16-24)12-14-33(27)19-23-7-4-13-32-23/h1-3,5-6,8-9,16,22-23,26-28,32,35H,4,7,10-15,17-19H2/t22-,23+,26?,27?,28?,30?,31?/m1/s1. The van der Waals surface area contributed by atoms with Gasteiger partial charge in [-0.25, -0.2) is 0 Å². The van der Waals surface area contributed by atoms with E-state index in [0.717, 1.165) is 44.5 Å². The van der Waals surface area contributed by atoms with Crippen LogP contribution in [0.3, 0.4) is 0 Å². The van der Waals surface area contributed by atoms with Crippen molar-refractivity contribution in [3.63, 3.8) is 0 Å². The number of rotatable bonds is 3. The van der Waals surface area contributed by atoms with Gasteiger partial charge in [0.15, 0.2) is 0 Å². The van der Waals surface area contributed by atoms with Crippen molar-refractivity contribution < 1.29 is 9.90 Å². The van der Waals surface area contributed by atoms with Gasteiger partial charge in [-0.3, -0.25) is 9.69 Å². The number of phenols is 1. The quantitative estimate of drug-likeness (QED) is 0.694. The summed E-state index contributed by atoms with van der Waals surface area (Å²) in [6, 6.07) is 17.7. The van der Waals surface area contributed by atoms with Crippen LogP contribution in [-0.2, 0) is 11.8 Å². The third-order valence-electron chi connectivity index (χ3n) is 11.5. The number of carbonyl (C=O) groups excluding carboxylic acids is 1. The van der Waals surface area contributed by atoms with E-state index in [4.69, 9.17) is 0 Å². The van der Waals surface area contributed by atoms with Gasteiger partial charge in [-0.2, -0.15) is 0 Å². The van der Waals surface area contributed by atoms with Crippen LogP contribution in [0.4, 0.5) is 0 Å². The predicted molar refractivity (Wildman–Crippen MR) is 139 cm³/mol. The van der Waals surface area contributed by atoms with Gasteiger partial charge in [0, 0.05) is 42.2 Å². The van der Waals surface area contributed by atoms with Crippen LogP contribution in [0.15, 0.2) is 48.5 Å². The summed E-state index contributed by atoms with van der Waals surface area (Å²) in [5, 5.41) is 14.4. The Hall–Kier alpha value is -2.37. The fourth-order valence-electron chi connectivity index (χ4n) is 10.5. The van der Waals surface area contributed by atoms with Gasteiger partial charge >= 0.3 is 0 Å². The average molecular weight is 484 g/mol. The van der Waals surface area contributed by atoms with Crippen LogP contribution in [0.2, 0.25) is 0 Å². The van der Waals surface area contributed by atoms with Crippen LogP contribution in [0, 0.1) is 17.3 Å². The molecule has 3 aliphatic heterocycles. The summed E-state index contributed by atoms with van der Waals surface area (Å²) in [5.74, 6) is 1.69. The molecule has 2 aromatic rings. The molecule has 4 bridgehead atoms. The van der Waals surface area contributed by atoms with Gasteiger partial charge < -0.3 is 15.3 Å². The van der Waals surface area contributed by atoms with Crippen molar-refractivity contribution in [2.24, 2.45) is 17.3 Å². The summed E-state index contributed by atoms with van der Waals surface area (Å²) in [6.45, 7) is 4.38. The van der Waals surface area contributed by atoms with Crippen LogP contribution in [0.25, 0.3) is 0 Å². The molecular formula is C31H37N3O2. The lowest BCUT2D eigenvalue weighted by Gasteiger charge is -2.66. The molecule has 3 saturated heterocycles. The van der Waals surface area contributed by atoms with Gasteiger partial charge in [-0.05, 0) is 111 Å². The molecule has 2 N–H and O–H groups in total. The molecule has 3 aliphatic carbocycles. The van der Waals surface area contributed by atoms with Crippen molar-refractivity contribution in [2.45, 2.75) is 68.5 Å². The van der Waals surface area contributed by atoms with Gasteiger partial charge in [0.1, 0.15) is 5.75 Å². The Kier molecular flexibility index (Phi) is 4.57. The highest BCUT2D eigenvalue weighted by Gasteiger charge is 2.76. The lowest BCUT2D eigenvalue weighted by molar-refractivity contribution is -0.102. The highest BCUT2D eigenvalue weighted by Crippen LogP contribution is 2.75. The number of aromatic hydroxyl groups is 1. The molecule has 5 unspecified atom stereocenters. The monoisotopic (exact) mass is 483 g/mol. The number of hydrogen-bond acceptors (Lipinski definition) is 4. The summed E-state index contributed by atoms with van der Waals surface area (Å²) in [7, 11) is 0. The van der Waals surface area contributed by atoms with Gasteiger partial charge in [0.05, 0.1) is 0 Å². The molecular weight excluding hydrogens is 446 g/mol. The fourth-order valence-corrected chi connectivity index (χ4v) is 10.5. The highest BCUT2D eigenvalue weighted by atomic mass is 16.3. The first kappa shape index (κ1) is 21.7. The number of nitrogens with one attached hydrogen (secondary N) is 1. The van der Waals surface area contributed by atoms with Crippen LogP contribution < -0.4 is 5.32 Å². The SMILES string of the molecule is O=C(c1ccccc1)N1C[C@H]2CC34CCC1C2C31CCN(C[C@@H]2CCCN2)C4Cc2ccc(O)cc21. The van der Waals surface area contributed by atoms with Gasteiger partial charge in [0.2, 0.25) is 0 Å². The molecule has 5 heteroatoms. The van der Waals surface area contributed by atoms with Crippen LogP contribution in [-0.4, -0.2) is 65.1 Å². The summed E-state index contributed by atoms with van der Waals surface area (Å²) in [6.07, 6.45) is 8.45. The second-order valence-corrected chi connectivity index (χ2v) is 12.6. The van der Waals surface area contributed by atoms with E-state index in [-0.39, 0.29) is 16.7 Å². The Morgan fingerprint density at radius 1 is 1.11 bits per heavy atom. The van der Waals surface area contributed by atoms with E-state index in [9.17, 15) is 9.90 Å². The number of carbonyl (C=O) groups is 1. The molecule has 5 nitrogen and oxygen atoms in total. The summed E-state index contributed by atoms with van der Waals surface area (Å²) < 4.78 is 0. The van der Waals surface area contributed by atoms with E-state index in [0.29, 0.717) is 35.7 Å². The van der Waals surface area contributed by atoms with E-state index < -0.39 is 0 Å². The molecule has 8 rings (SSSR count). The lowest BCUT2D eigenvalue weighted by atomic mass is 9.43. The largest absolute Gasteiger partial charge is 0.508 e. The first-order valence-electron chi connectivity index (χ1n) is 14.3. The molecule has 1 amide bonds. The second-order valence-electron chi connectivity index (χ2n) is 12.6. The molecule has 6 aliphatic rings. The van der Waals surface area contributed by atoms with Crippen LogP contribution in [0.5, 0.6) is 5.75 Å². The van der Waals surface area contributed by atoms with E-state index in [1.165, 1.54) is 43.4 Å². The molecule has 36 heavy (non-hydrogen) atoms. The van der Waals surface area contributed by atoms with Crippen LogP contribution in [0.1, 0.15) is 60.0 Å². The Labute approximate surface area is 213 Å². The third-order valence-corrected chi connectivity index (χ3v) is 11.5. The molecule has 2 saturated carbocycles. The maximum atomic E-state index is 13.7. The fraction of sp³-hybridized carbons (Fsp3) is 0.581. The number of nitrogens with zero attached hydrogens (tertiary/aromatic N) is 2. The molecule has 2 aromatic carbocycles. The first-order chi connectivity index (χ1) is 17.6. The minimum Gasteiger partial charge on any atom is -0.508 e. The maximum absolute atomic E-state index is 13.7. The highest BCUT2D eigenvalue weighted by molar-refractivity contribution is 5.94. The number of piperidine rings is 1. The van der Waals surface area contributed by atoms with E-state index in [2.05, 4.69) is 27.2 Å². The summed E-state index contributed by atoms with van der Waals surface area (Å²) >= 11 is 0. The lowest BCUT2D eigenvalue weighted by Crippen LogP contribution is -2.70. The Bertz CT molecular complexity index is 1210. The zero-order valence-corrected chi connectivity index (χ0v) is 21.0. The van der Waals surface area contributed by atoms with Crippen molar-refractivity contribution in [3.8, 4) is 5.75 Å². The number of amides is 1. The molecule has 5 fully saturated rings. The molecule has 0 aromatic heterocycles. The molecule has 7 atom stereocenters. The van der Waals surface area contributed by atoms with E-state index in [1.54, 1.807) is 0 Å². The van der Waals surface area contributed by atoms with Gasteiger partial charge in [0.25, 0.3) is 5.91 Å². The zero-order chi connectivity index (χ0) is 24.1. The first-order valence-corrected chi connectivity index (χ1v) is 14.3. The Morgan fingerprint density at radius 2 is 2.00 bits per heavy atom. The number of likely N-dealkylation sites (tertiary alicyclic amines) is 2. The normalized spacial score (nSPS) is 40.2. The topological polar surface area (TPSA) is 55.8 Å². The third kappa shape index (κ3) is 2.66. The van der Waals surface area contributed by atoms with Crippen molar-refractivity contribution in [1.82, 2.24) is 15.1 Å². The minimum absolute atomic E-state index is 0.0862. The van der Waals surface area contributed by atoms with Crippen molar-refractivity contribution in [3.05, 3.63) is 65.2 Å². The molecule has 188 valence electrons. The van der Waals surface area contributed by atoms with Crippen molar-refractivity contribution in [1.29, 1.82) is 0 Å². The van der Waals surface area contributed by atoms with Crippen molar-refractivity contribution >= 4 is 5.91 Å². The number of phenolic OH excluding ortho intramolecular Hbond substituents is 1. The Balaban J connectivity index is 1.22. The van der Waals surface area contributed by atoms with E-state index >= 15 is 0 Å². The van der Waals surface area contributed by atoms with Crippen LogP contribution >= 0.6 is 0 Å². The molecule has 0 radical (unpaired) electrons. The minimum atomic E-state index is 0.0862. The smallest absolute Gasteiger partial charge is 0.254 e. The summed E-state index contributed by atoms with van der Waals surface area (Å²) in [4.78, 5) is 18.8. The molecule has 3 heterocycles. The number of benzene rings is 2. The Morgan fingerprint density at radius 3 is 2.83 bits per heavy atom. The summed E-state index contributed by atoms with van der Waals surface area (Å²) in [5.41, 5.74) is 4.07. The number of hydrogen-bond donors (Lipinski definition) is 2. The van der Waals surface area contributed by atoms with E-state index in [1.807, 2.05) is 36.4 Å². The van der Waals surface area contributed by atoms with Gasteiger partial charge in [-0.1, -0.05) is 24.3 Å². The van der Waals surface area contributed by atoms with Gasteiger partial charge in [-0.15, -0.1) is 0 Å². The maximum Gasteiger partial charge on any atom is 0.254 e. The van der Waals surface area contributed by atoms with Crippen molar-refractivity contribution in [2.75, 3.05) is 26.2 Å². The second kappa shape index (κ2) is 7.58. The zero-order valence-electron chi connectivity index (χ0n) is 21.0. The number of fused-ring (bicyclic) bond motifs is 1. The average Bonchev–Trinajstić information content (AvgIpc) is 3.57. The molecule has 0 spiro atoms. The predicted octanol–water partition coefficient (Wildman–Crippen LogP) is 3.95.